The lowest BCUT2D eigenvalue weighted by molar-refractivity contribution is -0.131. The van der Waals surface area contributed by atoms with Crippen LogP contribution in [0.3, 0.4) is 0 Å². The van der Waals surface area contributed by atoms with E-state index in [2.05, 4.69) is 34.6 Å². The van der Waals surface area contributed by atoms with Crippen LogP contribution < -0.4 is 0 Å². The molecule has 3 heterocycles. The number of carbonyl (C=O) groups excluding carboxylic acids is 1. The van der Waals surface area contributed by atoms with Gasteiger partial charge in [0.15, 0.2) is 0 Å². The Labute approximate surface area is 216 Å². The van der Waals surface area contributed by atoms with Gasteiger partial charge in [0.1, 0.15) is 6.10 Å². The number of amides is 1. The predicted molar refractivity (Wildman–Crippen MR) is 139 cm³/mol. The first kappa shape index (κ1) is 29.4. The van der Waals surface area contributed by atoms with Crippen molar-refractivity contribution in [3.63, 3.8) is 0 Å². The molecule has 0 aromatic rings. The van der Waals surface area contributed by atoms with E-state index in [-0.39, 0.29) is 73.1 Å². The number of likely N-dealkylation sites (tertiary alicyclic amines) is 1. The van der Waals surface area contributed by atoms with Crippen LogP contribution in [0.15, 0.2) is 0 Å². The van der Waals surface area contributed by atoms with Gasteiger partial charge in [-0.25, -0.2) is 0 Å². The van der Waals surface area contributed by atoms with Gasteiger partial charge in [-0.3, -0.25) is 4.79 Å². The quantitative estimate of drug-likeness (QED) is 0.353. The Morgan fingerprint density at radius 2 is 1.71 bits per heavy atom. The molecule has 0 aromatic heterocycles. The maximum absolute atomic E-state index is 12.3. The van der Waals surface area contributed by atoms with Gasteiger partial charge in [-0.1, -0.05) is 27.7 Å². The Morgan fingerprint density at radius 3 is 2.29 bits per heavy atom. The minimum absolute atomic E-state index is 0.0281. The summed E-state index contributed by atoms with van der Waals surface area (Å²) in [7, 11) is 1.70. The van der Waals surface area contributed by atoms with Crippen molar-refractivity contribution in [2.45, 2.75) is 123 Å². The summed E-state index contributed by atoms with van der Waals surface area (Å²) < 4.78 is 37.6. The fourth-order valence-electron chi connectivity index (χ4n) is 5.71. The van der Waals surface area contributed by atoms with E-state index in [1.165, 1.54) is 0 Å². The highest BCUT2D eigenvalue weighted by Gasteiger charge is 2.46. The van der Waals surface area contributed by atoms with Crippen LogP contribution in [0.2, 0.25) is 0 Å². The second kappa shape index (κ2) is 12.6. The number of nitrogens with zero attached hydrogens (tertiary/aromatic N) is 1. The third-order valence-corrected chi connectivity index (χ3v) is 10.5. The van der Waals surface area contributed by atoms with Crippen molar-refractivity contribution in [1.82, 2.24) is 4.90 Å². The summed E-state index contributed by atoms with van der Waals surface area (Å²) in [6.07, 6.45) is 2.62. The maximum Gasteiger partial charge on any atom is 0.327 e. The van der Waals surface area contributed by atoms with Gasteiger partial charge in [-0.15, -0.1) is 0 Å². The second-order valence-electron chi connectivity index (χ2n) is 10.4. The zero-order valence-corrected chi connectivity index (χ0v) is 24.4. The molecular weight excluding hydrogens is 489 g/mol. The monoisotopic (exact) mass is 535 g/mol. The Hall–Kier alpha value is -0.120. The van der Waals surface area contributed by atoms with Crippen molar-refractivity contribution < 1.29 is 32.6 Å². The molecule has 3 fully saturated rings. The molecule has 0 aromatic carbocycles. The Bertz CT molecular complexity index is 757. The first-order valence-electron chi connectivity index (χ1n) is 13.3. The van der Waals surface area contributed by atoms with E-state index >= 15 is 0 Å². The Kier molecular flexibility index (Phi) is 10.6. The lowest BCUT2D eigenvalue weighted by Crippen LogP contribution is -2.43. The van der Waals surface area contributed by atoms with Gasteiger partial charge in [0.2, 0.25) is 5.91 Å². The van der Waals surface area contributed by atoms with Crippen LogP contribution in [0.25, 0.3) is 0 Å². The van der Waals surface area contributed by atoms with Crippen LogP contribution in [0.5, 0.6) is 0 Å². The minimum Gasteiger partial charge on any atom is -0.378 e. The molecule has 3 aliphatic heterocycles. The number of ether oxygens (including phenoxy) is 3. The highest BCUT2D eigenvalue weighted by Crippen LogP contribution is 2.56. The molecule has 3 aliphatic rings. The summed E-state index contributed by atoms with van der Waals surface area (Å²) in [6, 6.07) is -0.0281. The molecule has 11 atom stereocenters. The Balaban J connectivity index is 1.81. The standard InChI is InChI=1S/C25H46NO7PS/c1-9-21(20-12-11-13-26(20)19(7)27)32-34(35,33-25-16(4)18(6)30-22(25)10-2)29-14-23-24(28-8)15(3)17(5)31-23/h15-18,20-25H,9-14H2,1-8H3/t15-,16-,17+,18+,20?,21-,22-,23-,24?,25?,34?/m1/s1. The van der Waals surface area contributed by atoms with Crippen LogP contribution in [0, 0.1) is 11.8 Å². The molecule has 204 valence electrons. The largest absolute Gasteiger partial charge is 0.378 e. The van der Waals surface area contributed by atoms with Crippen molar-refractivity contribution in [3.8, 4) is 0 Å². The van der Waals surface area contributed by atoms with Crippen LogP contribution in [0.4, 0.5) is 0 Å². The molecular formula is C25H46NO7PS. The van der Waals surface area contributed by atoms with Gasteiger partial charge in [-0.05, 0) is 51.3 Å². The fraction of sp³-hybridized carbons (Fsp3) is 0.960. The normalized spacial score (nSPS) is 40.2. The molecule has 10 heteroatoms. The molecule has 8 nitrogen and oxygen atoms in total. The van der Waals surface area contributed by atoms with Crippen molar-refractivity contribution in [2.75, 3.05) is 20.3 Å². The average molecular weight is 536 g/mol. The molecule has 0 spiro atoms. The molecule has 3 saturated heterocycles. The number of methoxy groups -OCH3 is 1. The van der Waals surface area contributed by atoms with E-state index in [0.717, 1.165) is 25.8 Å². The van der Waals surface area contributed by atoms with Crippen LogP contribution in [0.1, 0.15) is 74.1 Å². The predicted octanol–water partition coefficient (Wildman–Crippen LogP) is 4.69. The maximum atomic E-state index is 12.3. The third-order valence-electron chi connectivity index (χ3n) is 8.15. The highest BCUT2D eigenvalue weighted by atomic mass is 32.5. The highest BCUT2D eigenvalue weighted by molar-refractivity contribution is 8.07. The van der Waals surface area contributed by atoms with E-state index in [4.69, 9.17) is 39.6 Å². The van der Waals surface area contributed by atoms with Crippen molar-refractivity contribution in [3.05, 3.63) is 0 Å². The van der Waals surface area contributed by atoms with Crippen LogP contribution in [-0.2, 0) is 44.4 Å². The average Bonchev–Trinajstić information content (AvgIpc) is 3.49. The smallest absolute Gasteiger partial charge is 0.327 e. The summed E-state index contributed by atoms with van der Waals surface area (Å²) in [4.78, 5) is 14.2. The van der Waals surface area contributed by atoms with Crippen molar-refractivity contribution >= 4 is 24.4 Å². The first-order chi connectivity index (χ1) is 16.5. The van der Waals surface area contributed by atoms with Crippen LogP contribution in [-0.4, -0.2) is 79.8 Å². The molecule has 0 saturated carbocycles. The van der Waals surface area contributed by atoms with E-state index in [1.54, 1.807) is 14.0 Å². The lowest BCUT2D eigenvalue weighted by Gasteiger charge is -2.36. The van der Waals surface area contributed by atoms with Gasteiger partial charge in [0.25, 0.3) is 0 Å². The summed E-state index contributed by atoms with van der Waals surface area (Å²) in [6.45, 7) is 11.9. The molecule has 35 heavy (non-hydrogen) atoms. The van der Waals surface area contributed by atoms with E-state index in [9.17, 15) is 4.79 Å². The van der Waals surface area contributed by atoms with E-state index in [1.807, 2.05) is 11.8 Å². The molecule has 0 radical (unpaired) electrons. The zero-order chi connectivity index (χ0) is 25.9. The van der Waals surface area contributed by atoms with Gasteiger partial charge in [0.05, 0.1) is 49.3 Å². The minimum atomic E-state index is -3.21. The Morgan fingerprint density at radius 1 is 1.09 bits per heavy atom. The number of hydrogen-bond donors (Lipinski definition) is 0. The molecule has 3 rings (SSSR count). The number of carbonyl (C=O) groups is 1. The van der Waals surface area contributed by atoms with Gasteiger partial charge in [0, 0.05) is 32.4 Å². The zero-order valence-electron chi connectivity index (χ0n) is 22.7. The van der Waals surface area contributed by atoms with Crippen LogP contribution >= 0.6 is 6.72 Å². The van der Waals surface area contributed by atoms with E-state index in [0.29, 0.717) is 6.42 Å². The SMILES string of the molecule is CC[C@H]1O[C@@H](C)[C@@H](C)C1OP(=S)(OC[C@H]1O[C@@H](C)[C@@H](C)C1OC)O[C@H](CC)C1CCCN1C(C)=O. The van der Waals surface area contributed by atoms with Gasteiger partial charge >= 0.3 is 6.72 Å². The third kappa shape index (κ3) is 6.66. The van der Waals surface area contributed by atoms with Gasteiger partial charge < -0.3 is 32.7 Å². The first-order valence-corrected chi connectivity index (χ1v) is 15.8. The lowest BCUT2D eigenvalue weighted by atomic mass is 9.98. The molecule has 0 N–H and O–H groups in total. The van der Waals surface area contributed by atoms with Crippen molar-refractivity contribution in [2.24, 2.45) is 11.8 Å². The summed E-state index contributed by atoms with van der Waals surface area (Å²) in [5.74, 6) is 0.463. The van der Waals surface area contributed by atoms with E-state index < -0.39 is 6.72 Å². The molecule has 1 amide bonds. The fourth-order valence-corrected chi connectivity index (χ4v) is 8.27. The summed E-state index contributed by atoms with van der Waals surface area (Å²) in [5.41, 5.74) is 0. The molecule has 0 aliphatic carbocycles. The number of hydrogen-bond acceptors (Lipinski definition) is 8. The summed E-state index contributed by atoms with van der Waals surface area (Å²) in [5, 5.41) is 0. The molecule has 4 unspecified atom stereocenters. The number of rotatable bonds is 11. The second-order valence-corrected chi connectivity index (χ2v) is 13.3. The van der Waals surface area contributed by atoms with Gasteiger partial charge in [-0.2, -0.15) is 0 Å². The summed E-state index contributed by atoms with van der Waals surface area (Å²) >= 11 is 6.07. The topological polar surface area (TPSA) is 75.7 Å². The van der Waals surface area contributed by atoms with Crippen molar-refractivity contribution in [1.29, 1.82) is 0 Å². The molecule has 0 bridgehead atoms.